The molecule has 0 bridgehead atoms. The molecule has 0 spiro atoms. The number of methoxy groups -OCH3 is 2. The van der Waals surface area contributed by atoms with Crippen molar-refractivity contribution in [3.8, 4) is 17.6 Å². The average Bonchev–Trinajstić information content (AvgIpc) is 3.05. The minimum absolute atomic E-state index is 0.203. The quantitative estimate of drug-likeness (QED) is 0.155. The number of ether oxygens (including phenoxy) is 2. The normalized spacial score (nSPS) is 16.4. The van der Waals surface area contributed by atoms with E-state index in [1.807, 2.05) is 12.1 Å². The minimum atomic E-state index is -0.540. The Labute approximate surface area is 260 Å². The van der Waals surface area contributed by atoms with E-state index in [4.69, 9.17) is 9.47 Å². The van der Waals surface area contributed by atoms with Crippen LogP contribution in [0.3, 0.4) is 0 Å². The van der Waals surface area contributed by atoms with Crippen LogP contribution in [0, 0.1) is 23.1 Å². The summed E-state index contributed by atoms with van der Waals surface area (Å²) < 4.78 is 24.4. The Hall–Kier alpha value is -2.62. The molecule has 238 valence electrons. The molecule has 2 atom stereocenters. The Balaban J connectivity index is 1.51. The van der Waals surface area contributed by atoms with Crippen LogP contribution in [0.15, 0.2) is 42.5 Å². The molecule has 2 aromatic rings. The zero-order valence-corrected chi connectivity index (χ0v) is 27.0. The van der Waals surface area contributed by atoms with Gasteiger partial charge in [-0.1, -0.05) is 89.3 Å². The molecule has 0 aliphatic carbocycles. The molecule has 2 aromatic carbocycles. The van der Waals surface area contributed by atoms with Crippen LogP contribution in [-0.4, -0.2) is 43.9 Å². The lowest BCUT2D eigenvalue weighted by Gasteiger charge is -2.34. The molecule has 1 saturated heterocycles. The number of nitrogens with zero attached hydrogens (tertiary/aromatic N) is 2. The highest BCUT2D eigenvalue weighted by atomic mass is 19.1. The van der Waals surface area contributed by atoms with Crippen LogP contribution in [0.4, 0.5) is 4.39 Å². The van der Waals surface area contributed by atoms with Gasteiger partial charge >= 0.3 is 0 Å². The highest BCUT2D eigenvalue weighted by molar-refractivity contribution is 5.47. The second kappa shape index (κ2) is 18.9. The Bertz CT molecular complexity index is 1090. The molecule has 2 unspecified atom stereocenters. The molecule has 1 aliphatic rings. The molecule has 0 saturated carbocycles. The Morgan fingerprint density at radius 1 is 0.860 bits per heavy atom. The van der Waals surface area contributed by atoms with E-state index < -0.39 is 11.5 Å². The Morgan fingerprint density at radius 3 is 2.02 bits per heavy atom. The van der Waals surface area contributed by atoms with Crippen molar-refractivity contribution in [3.63, 3.8) is 0 Å². The maximum Gasteiger partial charge on any atom is 0.161 e. The van der Waals surface area contributed by atoms with Gasteiger partial charge in [-0.25, -0.2) is 4.39 Å². The number of hydrogen-bond donors (Lipinski definition) is 1. The Morgan fingerprint density at radius 2 is 1.44 bits per heavy atom. The van der Waals surface area contributed by atoms with Gasteiger partial charge in [-0.15, -0.1) is 0 Å². The molecule has 3 rings (SSSR count). The van der Waals surface area contributed by atoms with E-state index in [0.29, 0.717) is 11.5 Å². The second-order valence-electron chi connectivity index (χ2n) is 12.5. The first-order valence-corrected chi connectivity index (χ1v) is 16.8. The fraction of sp³-hybridized carbons (Fsp3) is 0.649. The number of rotatable bonds is 20. The summed E-state index contributed by atoms with van der Waals surface area (Å²) in [7, 11) is 3.29. The predicted molar refractivity (Wildman–Crippen MR) is 173 cm³/mol. The van der Waals surface area contributed by atoms with Crippen molar-refractivity contribution in [1.29, 1.82) is 5.26 Å². The van der Waals surface area contributed by atoms with Gasteiger partial charge in [0.2, 0.25) is 0 Å². The van der Waals surface area contributed by atoms with Gasteiger partial charge in [-0.3, -0.25) is 0 Å². The first-order valence-electron chi connectivity index (χ1n) is 16.8. The molecule has 0 amide bonds. The summed E-state index contributed by atoms with van der Waals surface area (Å²) >= 11 is 0. The van der Waals surface area contributed by atoms with Gasteiger partial charge < -0.3 is 19.5 Å². The second-order valence-corrected chi connectivity index (χ2v) is 12.5. The monoisotopic (exact) mass is 594 g/mol. The van der Waals surface area contributed by atoms with E-state index >= 15 is 0 Å². The van der Waals surface area contributed by atoms with E-state index in [0.717, 1.165) is 75.7 Å². The molecule has 1 N–H and O–H groups in total. The average molecular weight is 595 g/mol. The number of halogens is 1. The zero-order chi connectivity index (χ0) is 30.9. The first kappa shape index (κ1) is 34.9. The lowest BCUT2D eigenvalue weighted by molar-refractivity contribution is 0.0583. The number of likely N-dealkylation sites (tertiary alicyclic amines) is 1. The number of hydrogen-bond acceptors (Lipinski definition) is 5. The van der Waals surface area contributed by atoms with Gasteiger partial charge in [0.25, 0.3) is 0 Å². The Kier molecular flexibility index (Phi) is 15.3. The van der Waals surface area contributed by atoms with E-state index in [1.54, 1.807) is 26.4 Å². The van der Waals surface area contributed by atoms with E-state index in [-0.39, 0.29) is 11.7 Å². The SMILES string of the molecule is CCCCCCCCCCCC(C#N)(CCCCN1CCC(C(O)c2ccc(F)cc2)CC1)c1ccc(OC)c(OC)c1. The number of aliphatic hydroxyl groups is 1. The summed E-state index contributed by atoms with van der Waals surface area (Å²) in [5.41, 5.74) is 1.30. The fourth-order valence-electron chi connectivity index (χ4n) is 6.65. The van der Waals surface area contributed by atoms with Crippen molar-refractivity contribution < 1.29 is 19.0 Å². The van der Waals surface area contributed by atoms with Crippen LogP contribution in [0.25, 0.3) is 0 Å². The zero-order valence-electron chi connectivity index (χ0n) is 27.0. The van der Waals surface area contributed by atoms with Crippen molar-refractivity contribution in [2.75, 3.05) is 33.9 Å². The van der Waals surface area contributed by atoms with Crippen molar-refractivity contribution in [1.82, 2.24) is 4.90 Å². The van der Waals surface area contributed by atoms with Gasteiger partial charge in [0.1, 0.15) is 5.82 Å². The van der Waals surface area contributed by atoms with Gasteiger partial charge in [-0.05, 0) is 93.0 Å². The molecule has 5 nitrogen and oxygen atoms in total. The summed E-state index contributed by atoms with van der Waals surface area (Å²) in [6, 6.07) is 15.0. The molecule has 6 heteroatoms. The number of nitriles is 1. The van der Waals surface area contributed by atoms with Crippen LogP contribution in [0.5, 0.6) is 11.5 Å². The smallest absolute Gasteiger partial charge is 0.161 e. The largest absolute Gasteiger partial charge is 0.493 e. The lowest BCUT2D eigenvalue weighted by Crippen LogP contribution is -2.36. The number of unbranched alkanes of at least 4 members (excludes halogenated alkanes) is 9. The van der Waals surface area contributed by atoms with Crippen LogP contribution in [0.1, 0.15) is 120 Å². The maximum atomic E-state index is 13.3. The summed E-state index contributed by atoms with van der Waals surface area (Å²) in [6.07, 6.45) is 16.4. The third-order valence-corrected chi connectivity index (χ3v) is 9.48. The molecule has 0 aromatic heterocycles. The third kappa shape index (κ3) is 10.8. The van der Waals surface area contributed by atoms with E-state index in [1.165, 1.54) is 63.5 Å². The molecule has 43 heavy (non-hydrogen) atoms. The van der Waals surface area contributed by atoms with Crippen molar-refractivity contribution in [2.24, 2.45) is 5.92 Å². The fourth-order valence-corrected chi connectivity index (χ4v) is 6.65. The number of benzene rings is 2. The van der Waals surface area contributed by atoms with Gasteiger partial charge in [0.05, 0.1) is 31.8 Å². The van der Waals surface area contributed by atoms with Gasteiger partial charge in [0, 0.05) is 0 Å². The predicted octanol–water partition coefficient (Wildman–Crippen LogP) is 9.14. The first-order chi connectivity index (χ1) is 21.0. The van der Waals surface area contributed by atoms with Crippen LogP contribution >= 0.6 is 0 Å². The molecular formula is C37H55FN2O3. The number of aliphatic hydroxyl groups excluding tert-OH is 1. The topological polar surface area (TPSA) is 65.7 Å². The highest BCUT2D eigenvalue weighted by Crippen LogP contribution is 2.40. The third-order valence-electron chi connectivity index (χ3n) is 9.48. The molecular weight excluding hydrogens is 539 g/mol. The molecule has 1 heterocycles. The summed E-state index contributed by atoms with van der Waals surface area (Å²) in [5, 5.41) is 21.4. The summed E-state index contributed by atoms with van der Waals surface area (Å²) in [6.45, 7) is 5.18. The summed E-state index contributed by atoms with van der Waals surface area (Å²) in [4.78, 5) is 2.48. The summed E-state index contributed by atoms with van der Waals surface area (Å²) in [5.74, 6) is 1.30. The molecule has 0 radical (unpaired) electrons. The van der Waals surface area contributed by atoms with Crippen LogP contribution in [0.2, 0.25) is 0 Å². The minimum Gasteiger partial charge on any atom is -0.493 e. The van der Waals surface area contributed by atoms with E-state index in [9.17, 15) is 14.8 Å². The van der Waals surface area contributed by atoms with Crippen molar-refractivity contribution in [3.05, 3.63) is 59.4 Å². The van der Waals surface area contributed by atoms with Crippen LogP contribution < -0.4 is 9.47 Å². The van der Waals surface area contributed by atoms with Gasteiger partial charge in [0.15, 0.2) is 11.5 Å². The van der Waals surface area contributed by atoms with Crippen LogP contribution in [-0.2, 0) is 5.41 Å². The van der Waals surface area contributed by atoms with Gasteiger partial charge in [-0.2, -0.15) is 5.26 Å². The van der Waals surface area contributed by atoms with Crippen molar-refractivity contribution >= 4 is 0 Å². The lowest BCUT2D eigenvalue weighted by atomic mass is 9.73. The highest BCUT2D eigenvalue weighted by Gasteiger charge is 2.33. The standard InChI is InChI=1S/C37H55FN2O3/c1-4-5-6-7-8-9-10-11-12-23-37(29-39,32-17-20-34(42-2)35(28-32)43-3)24-13-14-25-40-26-21-31(22-27-40)36(41)30-15-18-33(38)19-16-30/h15-20,28,31,36,41H,4-14,21-27H2,1-3H3. The number of piperidine rings is 1. The van der Waals surface area contributed by atoms with Crippen molar-refractivity contribution in [2.45, 2.75) is 115 Å². The van der Waals surface area contributed by atoms with E-state index in [2.05, 4.69) is 24.0 Å². The maximum absolute atomic E-state index is 13.3. The molecule has 1 fully saturated rings. The molecule has 1 aliphatic heterocycles.